The normalized spacial score (nSPS) is 19.6. The molecular formula is C18H25N3OS. The Kier molecular flexibility index (Phi) is 4.99. The molecule has 5 heteroatoms. The number of thiophene rings is 1. The van der Waals surface area contributed by atoms with Gasteiger partial charge in [0.2, 0.25) is 5.91 Å². The smallest absolute Gasteiger partial charge is 0.237 e. The largest absolute Gasteiger partial charge is 0.348 e. The molecule has 1 aromatic carbocycles. The molecule has 1 aromatic heterocycles. The molecule has 1 saturated heterocycles. The molecule has 23 heavy (non-hydrogen) atoms. The Morgan fingerprint density at radius 1 is 1.17 bits per heavy atom. The first-order chi connectivity index (χ1) is 11.1. The number of carbonyl (C=O) groups is 1. The molecule has 1 N–H and O–H groups in total. The molecule has 0 saturated carbocycles. The lowest BCUT2D eigenvalue weighted by Gasteiger charge is -2.36. The van der Waals surface area contributed by atoms with Gasteiger partial charge in [-0.05, 0) is 43.3 Å². The van der Waals surface area contributed by atoms with Crippen LogP contribution in [0, 0.1) is 0 Å². The highest BCUT2D eigenvalue weighted by atomic mass is 32.1. The van der Waals surface area contributed by atoms with Crippen molar-refractivity contribution in [2.24, 2.45) is 0 Å². The number of amides is 1. The van der Waals surface area contributed by atoms with Gasteiger partial charge in [-0.15, -0.1) is 11.3 Å². The average Bonchev–Trinajstić information content (AvgIpc) is 2.99. The van der Waals surface area contributed by atoms with Gasteiger partial charge in [0.1, 0.15) is 0 Å². The lowest BCUT2D eigenvalue weighted by atomic mass is 10.1. The van der Waals surface area contributed by atoms with Crippen LogP contribution in [0.5, 0.6) is 0 Å². The second-order valence-corrected chi connectivity index (χ2v) is 7.34. The SMILES string of the molecule is C[C@H](NC(=O)[C@@H](C)N1CCN(C)CC1)c1csc2ccccc12. The van der Waals surface area contributed by atoms with E-state index in [1.54, 1.807) is 11.3 Å². The minimum Gasteiger partial charge on any atom is -0.348 e. The second-order valence-electron chi connectivity index (χ2n) is 6.43. The summed E-state index contributed by atoms with van der Waals surface area (Å²) in [6, 6.07) is 8.34. The summed E-state index contributed by atoms with van der Waals surface area (Å²) in [4.78, 5) is 17.2. The van der Waals surface area contributed by atoms with Crippen LogP contribution in [0.2, 0.25) is 0 Å². The van der Waals surface area contributed by atoms with E-state index < -0.39 is 0 Å². The van der Waals surface area contributed by atoms with Gasteiger partial charge in [0.15, 0.2) is 0 Å². The zero-order valence-corrected chi connectivity index (χ0v) is 14.9. The van der Waals surface area contributed by atoms with Gasteiger partial charge >= 0.3 is 0 Å². The van der Waals surface area contributed by atoms with Gasteiger partial charge in [0.05, 0.1) is 12.1 Å². The number of piperazine rings is 1. The maximum Gasteiger partial charge on any atom is 0.237 e. The fourth-order valence-corrected chi connectivity index (χ4v) is 4.18. The van der Waals surface area contributed by atoms with E-state index in [0.29, 0.717) is 0 Å². The fourth-order valence-electron chi connectivity index (χ4n) is 3.12. The quantitative estimate of drug-likeness (QED) is 0.936. The van der Waals surface area contributed by atoms with Crippen LogP contribution in [-0.2, 0) is 4.79 Å². The fraction of sp³-hybridized carbons (Fsp3) is 0.500. The van der Waals surface area contributed by atoms with Crippen LogP contribution < -0.4 is 5.32 Å². The third kappa shape index (κ3) is 3.57. The summed E-state index contributed by atoms with van der Waals surface area (Å²) in [6.45, 7) is 8.06. The lowest BCUT2D eigenvalue weighted by molar-refractivity contribution is -0.127. The highest BCUT2D eigenvalue weighted by Crippen LogP contribution is 2.30. The lowest BCUT2D eigenvalue weighted by Crippen LogP contribution is -2.53. The highest BCUT2D eigenvalue weighted by molar-refractivity contribution is 7.17. The standard InChI is InChI=1S/C18H25N3OS/c1-13(16-12-23-17-7-5-4-6-15(16)17)19-18(22)14(2)21-10-8-20(3)9-11-21/h4-7,12-14H,8-11H2,1-3H3,(H,19,22)/t13-,14+/m0/s1. The van der Waals surface area contributed by atoms with Gasteiger partial charge < -0.3 is 10.2 Å². The van der Waals surface area contributed by atoms with Crippen molar-refractivity contribution in [3.8, 4) is 0 Å². The average molecular weight is 331 g/mol. The molecule has 3 rings (SSSR count). The maximum atomic E-state index is 12.6. The third-order valence-electron chi connectivity index (χ3n) is 4.80. The van der Waals surface area contributed by atoms with Crippen molar-refractivity contribution in [2.45, 2.75) is 25.9 Å². The summed E-state index contributed by atoms with van der Waals surface area (Å²) in [7, 11) is 2.13. The maximum absolute atomic E-state index is 12.6. The van der Waals surface area contributed by atoms with Gasteiger partial charge in [-0.3, -0.25) is 9.69 Å². The molecule has 2 aromatic rings. The molecule has 0 unspecified atom stereocenters. The summed E-state index contributed by atoms with van der Waals surface area (Å²) in [5.41, 5.74) is 1.21. The summed E-state index contributed by atoms with van der Waals surface area (Å²) >= 11 is 1.74. The van der Waals surface area contributed by atoms with Crippen molar-refractivity contribution in [2.75, 3.05) is 33.2 Å². The molecule has 0 bridgehead atoms. The summed E-state index contributed by atoms with van der Waals surface area (Å²) in [6.07, 6.45) is 0. The van der Waals surface area contributed by atoms with Crippen molar-refractivity contribution in [1.29, 1.82) is 0 Å². The third-order valence-corrected chi connectivity index (χ3v) is 5.78. The first-order valence-electron chi connectivity index (χ1n) is 8.25. The van der Waals surface area contributed by atoms with Crippen molar-refractivity contribution in [1.82, 2.24) is 15.1 Å². The monoisotopic (exact) mass is 331 g/mol. The van der Waals surface area contributed by atoms with Crippen LogP contribution >= 0.6 is 11.3 Å². The molecule has 1 fully saturated rings. The van der Waals surface area contributed by atoms with Crippen molar-refractivity contribution in [3.63, 3.8) is 0 Å². The van der Waals surface area contributed by atoms with E-state index in [2.05, 4.69) is 58.7 Å². The summed E-state index contributed by atoms with van der Waals surface area (Å²) in [5, 5.41) is 6.61. The Labute approximate surface area is 142 Å². The Bertz CT molecular complexity index is 676. The van der Waals surface area contributed by atoms with Crippen molar-refractivity contribution < 1.29 is 4.79 Å². The van der Waals surface area contributed by atoms with Gasteiger partial charge in [0, 0.05) is 30.9 Å². The van der Waals surface area contributed by atoms with Crippen LogP contribution in [0.15, 0.2) is 29.6 Å². The molecule has 0 aliphatic carbocycles. The van der Waals surface area contributed by atoms with E-state index in [1.807, 2.05) is 6.92 Å². The van der Waals surface area contributed by atoms with E-state index in [9.17, 15) is 4.79 Å². The molecular weight excluding hydrogens is 306 g/mol. The zero-order valence-electron chi connectivity index (χ0n) is 14.1. The van der Waals surface area contributed by atoms with Crippen LogP contribution in [0.4, 0.5) is 0 Å². The number of nitrogens with one attached hydrogen (secondary N) is 1. The van der Waals surface area contributed by atoms with Gasteiger partial charge in [0.25, 0.3) is 0 Å². The second kappa shape index (κ2) is 6.99. The van der Waals surface area contributed by atoms with Crippen LogP contribution in [0.3, 0.4) is 0 Å². The Balaban J connectivity index is 1.65. The number of hydrogen-bond acceptors (Lipinski definition) is 4. The topological polar surface area (TPSA) is 35.6 Å². The molecule has 2 heterocycles. The number of nitrogens with zero attached hydrogens (tertiary/aromatic N) is 2. The molecule has 0 spiro atoms. The zero-order chi connectivity index (χ0) is 16.4. The molecule has 1 amide bonds. The molecule has 1 aliphatic rings. The number of fused-ring (bicyclic) bond motifs is 1. The number of rotatable bonds is 4. The first kappa shape index (κ1) is 16.4. The first-order valence-corrected chi connectivity index (χ1v) is 9.13. The minimum absolute atomic E-state index is 0.0357. The van der Waals surface area contributed by atoms with E-state index in [4.69, 9.17) is 0 Å². The predicted molar refractivity (Wildman–Crippen MR) is 96.9 cm³/mol. The van der Waals surface area contributed by atoms with Gasteiger partial charge in [-0.25, -0.2) is 0 Å². The van der Waals surface area contributed by atoms with Crippen molar-refractivity contribution >= 4 is 27.3 Å². The summed E-state index contributed by atoms with van der Waals surface area (Å²) in [5.74, 6) is 0.123. The molecule has 2 atom stereocenters. The van der Waals surface area contributed by atoms with E-state index in [0.717, 1.165) is 26.2 Å². The van der Waals surface area contributed by atoms with Crippen LogP contribution in [-0.4, -0.2) is 55.0 Å². The number of hydrogen-bond donors (Lipinski definition) is 1. The van der Waals surface area contributed by atoms with Gasteiger partial charge in [-0.1, -0.05) is 18.2 Å². The Morgan fingerprint density at radius 2 is 1.87 bits per heavy atom. The van der Waals surface area contributed by atoms with Crippen LogP contribution in [0.1, 0.15) is 25.5 Å². The number of likely N-dealkylation sites (N-methyl/N-ethyl adjacent to an activating group) is 1. The van der Waals surface area contributed by atoms with E-state index >= 15 is 0 Å². The minimum atomic E-state index is -0.0731. The number of benzene rings is 1. The van der Waals surface area contributed by atoms with Crippen molar-refractivity contribution in [3.05, 3.63) is 35.2 Å². The molecule has 4 nitrogen and oxygen atoms in total. The Hall–Kier alpha value is -1.43. The predicted octanol–water partition coefficient (Wildman–Crippen LogP) is 2.71. The molecule has 124 valence electrons. The Morgan fingerprint density at radius 3 is 2.61 bits per heavy atom. The van der Waals surface area contributed by atoms with Crippen LogP contribution in [0.25, 0.3) is 10.1 Å². The van der Waals surface area contributed by atoms with E-state index in [-0.39, 0.29) is 18.0 Å². The van der Waals surface area contributed by atoms with Gasteiger partial charge in [-0.2, -0.15) is 0 Å². The molecule has 0 radical (unpaired) electrons. The number of carbonyl (C=O) groups excluding carboxylic acids is 1. The highest BCUT2D eigenvalue weighted by Gasteiger charge is 2.25. The summed E-state index contributed by atoms with van der Waals surface area (Å²) < 4.78 is 1.27. The molecule has 1 aliphatic heterocycles. The van der Waals surface area contributed by atoms with E-state index in [1.165, 1.54) is 15.6 Å².